The fourth-order valence-corrected chi connectivity index (χ4v) is 2.97. The Balaban J connectivity index is 1.94. The summed E-state index contributed by atoms with van der Waals surface area (Å²) in [4.78, 5) is 10.9. The van der Waals surface area contributed by atoms with Crippen molar-refractivity contribution in [1.29, 1.82) is 0 Å². The lowest BCUT2D eigenvalue weighted by Crippen LogP contribution is -2.06. The molecule has 1 aliphatic rings. The summed E-state index contributed by atoms with van der Waals surface area (Å²) >= 11 is 0. The first-order valence-corrected chi connectivity index (χ1v) is 7.40. The normalized spacial score (nSPS) is 12.7. The van der Waals surface area contributed by atoms with Gasteiger partial charge in [0.05, 0.1) is 10.6 Å². The topological polar surface area (TPSA) is 73.0 Å². The average molecular weight is 306 g/mol. The van der Waals surface area contributed by atoms with E-state index < -0.39 is 0 Å². The number of nitrogens with one attached hydrogen (secondary N) is 1. The van der Waals surface area contributed by atoms with E-state index in [1.54, 1.807) is 22.9 Å². The Hall–Kier alpha value is -3.15. The minimum absolute atomic E-state index is 0.0473. The molecule has 0 fully saturated rings. The third-order valence-electron chi connectivity index (χ3n) is 4.00. The van der Waals surface area contributed by atoms with Crippen molar-refractivity contribution in [2.45, 2.75) is 6.42 Å². The Morgan fingerprint density at radius 3 is 2.61 bits per heavy atom. The molecule has 0 saturated carbocycles. The zero-order valence-electron chi connectivity index (χ0n) is 12.3. The van der Waals surface area contributed by atoms with E-state index >= 15 is 0 Å². The molecule has 0 aliphatic carbocycles. The van der Waals surface area contributed by atoms with Crippen molar-refractivity contribution in [2.24, 2.45) is 0 Å². The third-order valence-corrected chi connectivity index (χ3v) is 4.00. The van der Waals surface area contributed by atoms with E-state index in [0.717, 1.165) is 35.6 Å². The maximum absolute atomic E-state index is 11.3. The zero-order chi connectivity index (χ0) is 15.8. The highest BCUT2D eigenvalue weighted by molar-refractivity contribution is 5.73. The largest absolute Gasteiger partial charge is 0.369 e. The Kier molecular flexibility index (Phi) is 3.08. The van der Waals surface area contributed by atoms with Gasteiger partial charge in [0, 0.05) is 23.7 Å². The summed E-state index contributed by atoms with van der Waals surface area (Å²) in [5.74, 6) is 0.846. The molecule has 4 rings (SSSR count). The molecule has 0 atom stereocenters. The van der Waals surface area contributed by atoms with Crippen molar-refractivity contribution in [3.63, 3.8) is 0 Å². The molecule has 114 valence electrons. The van der Waals surface area contributed by atoms with E-state index in [2.05, 4.69) is 10.4 Å². The summed E-state index contributed by atoms with van der Waals surface area (Å²) in [6.07, 6.45) is 0.861. The van der Waals surface area contributed by atoms with Gasteiger partial charge in [-0.1, -0.05) is 42.5 Å². The highest BCUT2D eigenvalue weighted by Crippen LogP contribution is 2.36. The molecule has 0 spiro atoms. The number of anilines is 1. The maximum atomic E-state index is 11.3. The number of hydrogen-bond donors (Lipinski definition) is 1. The number of benzene rings is 2. The van der Waals surface area contributed by atoms with Gasteiger partial charge < -0.3 is 5.32 Å². The van der Waals surface area contributed by atoms with Crippen LogP contribution in [0.5, 0.6) is 0 Å². The van der Waals surface area contributed by atoms with E-state index in [1.807, 2.05) is 30.3 Å². The third kappa shape index (κ3) is 2.15. The van der Waals surface area contributed by atoms with Gasteiger partial charge in [-0.15, -0.1) is 0 Å². The number of para-hydroxylation sites is 2. The van der Waals surface area contributed by atoms with Crippen molar-refractivity contribution in [2.75, 3.05) is 11.9 Å². The minimum Gasteiger partial charge on any atom is -0.369 e. The standard InChI is InChI=1S/C17H14N4O2/c22-21(23)15-9-5-4-8-14(15)20-17-13(10-11-18-17)16(19-20)12-6-2-1-3-7-12/h1-9,18H,10-11H2. The predicted molar refractivity (Wildman–Crippen MR) is 87.8 cm³/mol. The minimum atomic E-state index is -0.374. The predicted octanol–water partition coefficient (Wildman–Crippen LogP) is 3.42. The monoisotopic (exact) mass is 306 g/mol. The molecular formula is C17H14N4O2. The van der Waals surface area contributed by atoms with Crippen LogP contribution in [-0.2, 0) is 6.42 Å². The van der Waals surface area contributed by atoms with Crippen LogP contribution in [0.15, 0.2) is 54.6 Å². The molecule has 1 aromatic heterocycles. The second-order valence-electron chi connectivity index (χ2n) is 5.38. The van der Waals surface area contributed by atoms with Gasteiger partial charge >= 0.3 is 0 Å². The average Bonchev–Trinajstić information content (AvgIpc) is 3.18. The number of nitrogens with zero attached hydrogens (tertiary/aromatic N) is 3. The quantitative estimate of drug-likeness (QED) is 0.594. The van der Waals surface area contributed by atoms with Crippen LogP contribution in [0.4, 0.5) is 11.5 Å². The molecule has 6 heteroatoms. The first kappa shape index (κ1) is 13.5. The van der Waals surface area contributed by atoms with Crippen molar-refractivity contribution >= 4 is 11.5 Å². The van der Waals surface area contributed by atoms with E-state index in [9.17, 15) is 10.1 Å². The highest BCUT2D eigenvalue weighted by atomic mass is 16.6. The van der Waals surface area contributed by atoms with Crippen molar-refractivity contribution in [3.05, 3.63) is 70.3 Å². The van der Waals surface area contributed by atoms with Gasteiger partial charge in [0.1, 0.15) is 11.5 Å². The Labute approximate surface area is 132 Å². The summed E-state index contributed by atoms with van der Waals surface area (Å²) in [7, 11) is 0. The van der Waals surface area contributed by atoms with Crippen molar-refractivity contribution in [1.82, 2.24) is 9.78 Å². The molecule has 3 aromatic rings. The Morgan fingerprint density at radius 2 is 1.83 bits per heavy atom. The fraction of sp³-hybridized carbons (Fsp3) is 0.118. The molecule has 0 radical (unpaired) electrons. The molecule has 2 heterocycles. The number of hydrogen-bond acceptors (Lipinski definition) is 4. The number of nitro benzene ring substituents is 1. The molecule has 0 saturated heterocycles. The first-order valence-electron chi connectivity index (χ1n) is 7.40. The van der Waals surface area contributed by atoms with E-state index in [0.29, 0.717) is 5.69 Å². The highest BCUT2D eigenvalue weighted by Gasteiger charge is 2.26. The summed E-state index contributed by atoms with van der Waals surface area (Å²) in [5.41, 5.74) is 3.53. The van der Waals surface area contributed by atoms with Crippen molar-refractivity contribution in [3.8, 4) is 16.9 Å². The van der Waals surface area contributed by atoms with Gasteiger partial charge in [0.2, 0.25) is 0 Å². The lowest BCUT2D eigenvalue weighted by molar-refractivity contribution is -0.384. The smallest absolute Gasteiger partial charge is 0.294 e. The maximum Gasteiger partial charge on any atom is 0.294 e. The van der Waals surface area contributed by atoms with E-state index in [-0.39, 0.29) is 10.6 Å². The van der Waals surface area contributed by atoms with Crippen LogP contribution >= 0.6 is 0 Å². The number of aromatic nitrogens is 2. The van der Waals surface area contributed by atoms with Gasteiger partial charge in [0.15, 0.2) is 0 Å². The molecule has 1 aliphatic heterocycles. The molecule has 0 unspecified atom stereocenters. The SMILES string of the molecule is O=[N+]([O-])c1ccccc1-n1nc(-c2ccccc2)c2c1NCC2. The molecule has 0 bridgehead atoms. The van der Waals surface area contributed by atoms with Gasteiger partial charge in [-0.25, -0.2) is 4.68 Å². The summed E-state index contributed by atoms with van der Waals surface area (Å²) in [5, 5.41) is 19.3. The molecule has 2 aromatic carbocycles. The van der Waals surface area contributed by atoms with E-state index in [1.165, 1.54) is 6.07 Å². The van der Waals surface area contributed by atoms with Crippen LogP contribution in [-0.4, -0.2) is 21.2 Å². The van der Waals surface area contributed by atoms with Crippen molar-refractivity contribution < 1.29 is 4.92 Å². The number of fused-ring (bicyclic) bond motifs is 1. The van der Waals surface area contributed by atoms with Crippen LogP contribution in [0.25, 0.3) is 16.9 Å². The zero-order valence-corrected chi connectivity index (χ0v) is 12.3. The molecule has 23 heavy (non-hydrogen) atoms. The second kappa shape index (κ2) is 5.24. The number of nitro groups is 1. The van der Waals surface area contributed by atoms with Crippen LogP contribution in [0.1, 0.15) is 5.56 Å². The summed E-state index contributed by atoms with van der Waals surface area (Å²) in [6, 6.07) is 16.6. The fourth-order valence-electron chi connectivity index (χ4n) is 2.97. The van der Waals surface area contributed by atoms with E-state index in [4.69, 9.17) is 0 Å². The van der Waals surface area contributed by atoms with Gasteiger partial charge in [-0.2, -0.15) is 5.10 Å². The van der Waals surface area contributed by atoms with Crippen LogP contribution < -0.4 is 5.32 Å². The van der Waals surface area contributed by atoms with Crippen LogP contribution in [0.3, 0.4) is 0 Å². The van der Waals surface area contributed by atoms with Gasteiger partial charge in [0.25, 0.3) is 5.69 Å². The number of rotatable bonds is 3. The summed E-state index contributed by atoms with van der Waals surface area (Å²) < 4.78 is 1.66. The van der Waals surface area contributed by atoms with Crippen LogP contribution in [0, 0.1) is 10.1 Å². The first-order chi connectivity index (χ1) is 11.3. The molecule has 1 N–H and O–H groups in total. The molecule has 0 amide bonds. The molecule has 6 nitrogen and oxygen atoms in total. The lowest BCUT2D eigenvalue weighted by Gasteiger charge is -2.06. The summed E-state index contributed by atoms with van der Waals surface area (Å²) in [6.45, 7) is 0.813. The Morgan fingerprint density at radius 1 is 1.09 bits per heavy atom. The lowest BCUT2D eigenvalue weighted by atomic mass is 10.1. The van der Waals surface area contributed by atoms with Crippen LogP contribution in [0.2, 0.25) is 0 Å². The van der Waals surface area contributed by atoms with Gasteiger partial charge in [-0.05, 0) is 12.5 Å². The second-order valence-corrected chi connectivity index (χ2v) is 5.38. The Bertz CT molecular complexity index is 887. The van der Waals surface area contributed by atoms with Gasteiger partial charge in [-0.3, -0.25) is 10.1 Å². The molecular weight excluding hydrogens is 292 g/mol.